The zero-order valence-electron chi connectivity index (χ0n) is 11.3. The zero-order chi connectivity index (χ0) is 16.4. The van der Waals surface area contributed by atoms with Gasteiger partial charge in [-0.1, -0.05) is 36.1 Å². The molecular formula is C14H11NO5S2. The molecule has 1 saturated heterocycles. The van der Waals surface area contributed by atoms with Crippen molar-refractivity contribution in [1.29, 1.82) is 0 Å². The summed E-state index contributed by atoms with van der Waals surface area (Å²) in [6.45, 7) is 1.39. The Hall–Kier alpha value is -2.19. The number of carbonyl (C=O) groups is 3. The van der Waals surface area contributed by atoms with Crippen molar-refractivity contribution < 1.29 is 24.6 Å². The normalized spacial score (nSPS) is 17.9. The Morgan fingerprint density at radius 1 is 1.27 bits per heavy atom. The highest BCUT2D eigenvalue weighted by molar-refractivity contribution is 8.26. The minimum absolute atomic E-state index is 0.143. The maximum absolute atomic E-state index is 12.2. The second-order valence-electron chi connectivity index (χ2n) is 4.49. The van der Waals surface area contributed by atoms with Crippen LogP contribution in [0.1, 0.15) is 22.8 Å². The van der Waals surface area contributed by atoms with Crippen molar-refractivity contribution in [2.75, 3.05) is 0 Å². The number of rotatable bonds is 4. The van der Waals surface area contributed by atoms with Crippen LogP contribution in [0.4, 0.5) is 0 Å². The Labute approximate surface area is 135 Å². The minimum atomic E-state index is -1.14. The van der Waals surface area contributed by atoms with Crippen LogP contribution in [0.15, 0.2) is 29.2 Å². The predicted molar refractivity (Wildman–Crippen MR) is 85.5 cm³/mol. The highest BCUT2D eigenvalue weighted by Gasteiger charge is 2.38. The highest BCUT2D eigenvalue weighted by Crippen LogP contribution is 2.33. The molecule has 22 heavy (non-hydrogen) atoms. The fourth-order valence-electron chi connectivity index (χ4n) is 1.80. The average molecular weight is 337 g/mol. The third-order valence-corrected chi connectivity index (χ3v) is 4.35. The van der Waals surface area contributed by atoms with E-state index in [-0.39, 0.29) is 9.88 Å². The second kappa shape index (κ2) is 6.29. The van der Waals surface area contributed by atoms with E-state index < -0.39 is 23.9 Å². The number of hydrogen-bond donors (Lipinski definition) is 2. The fourth-order valence-corrected chi connectivity index (χ4v) is 3.22. The molecule has 2 rings (SSSR count). The first-order valence-electron chi connectivity index (χ1n) is 6.14. The van der Waals surface area contributed by atoms with Gasteiger partial charge in [-0.25, -0.2) is 9.59 Å². The molecule has 1 atom stereocenters. The van der Waals surface area contributed by atoms with Gasteiger partial charge in [0.2, 0.25) is 0 Å². The van der Waals surface area contributed by atoms with Crippen LogP contribution in [0.2, 0.25) is 0 Å². The first kappa shape index (κ1) is 16.2. The van der Waals surface area contributed by atoms with Crippen LogP contribution in [-0.2, 0) is 9.59 Å². The van der Waals surface area contributed by atoms with Gasteiger partial charge in [-0.15, -0.1) is 0 Å². The summed E-state index contributed by atoms with van der Waals surface area (Å²) in [4.78, 5) is 35.4. The molecule has 1 heterocycles. The van der Waals surface area contributed by atoms with Crippen molar-refractivity contribution in [3.05, 3.63) is 40.3 Å². The van der Waals surface area contributed by atoms with Crippen LogP contribution >= 0.6 is 24.0 Å². The van der Waals surface area contributed by atoms with Crippen LogP contribution in [0.5, 0.6) is 0 Å². The van der Waals surface area contributed by atoms with Gasteiger partial charge in [0, 0.05) is 0 Å². The van der Waals surface area contributed by atoms with Crippen LogP contribution in [0, 0.1) is 0 Å². The molecule has 1 aromatic rings. The average Bonchev–Trinajstić information content (AvgIpc) is 2.73. The summed E-state index contributed by atoms with van der Waals surface area (Å²) in [5.41, 5.74) is 0.776. The van der Waals surface area contributed by atoms with Gasteiger partial charge in [0.15, 0.2) is 0 Å². The zero-order valence-corrected chi connectivity index (χ0v) is 13.0. The fraction of sp³-hybridized carbons (Fsp3) is 0.143. The quantitative estimate of drug-likeness (QED) is 0.641. The van der Waals surface area contributed by atoms with Gasteiger partial charge in [0.05, 0.1) is 10.5 Å². The van der Waals surface area contributed by atoms with Gasteiger partial charge in [0.1, 0.15) is 10.4 Å². The second-order valence-corrected chi connectivity index (χ2v) is 6.17. The number of amides is 1. The number of aromatic carboxylic acids is 1. The van der Waals surface area contributed by atoms with Crippen molar-refractivity contribution in [1.82, 2.24) is 4.90 Å². The lowest BCUT2D eigenvalue weighted by atomic mass is 10.1. The summed E-state index contributed by atoms with van der Waals surface area (Å²) in [5, 5.41) is 17.8. The molecule has 0 saturated carbocycles. The van der Waals surface area contributed by atoms with Crippen molar-refractivity contribution >= 4 is 52.2 Å². The third-order valence-electron chi connectivity index (χ3n) is 3.02. The molecule has 1 fully saturated rings. The number of carboxylic acids is 2. The van der Waals surface area contributed by atoms with Gasteiger partial charge in [0.25, 0.3) is 5.91 Å². The molecule has 6 nitrogen and oxygen atoms in total. The summed E-state index contributed by atoms with van der Waals surface area (Å²) >= 11 is 6.07. The van der Waals surface area contributed by atoms with E-state index in [1.807, 2.05) is 0 Å². The Kier molecular flexibility index (Phi) is 4.62. The first-order chi connectivity index (χ1) is 10.3. The van der Waals surface area contributed by atoms with Crippen LogP contribution in [-0.4, -0.2) is 43.3 Å². The van der Waals surface area contributed by atoms with Gasteiger partial charge >= 0.3 is 11.9 Å². The summed E-state index contributed by atoms with van der Waals surface area (Å²) < 4.78 is 0.188. The monoisotopic (exact) mass is 337 g/mol. The maximum atomic E-state index is 12.2. The van der Waals surface area contributed by atoms with Gasteiger partial charge < -0.3 is 10.2 Å². The molecule has 8 heteroatoms. The van der Waals surface area contributed by atoms with E-state index in [1.165, 1.54) is 19.1 Å². The molecule has 0 bridgehead atoms. The van der Waals surface area contributed by atoms with Crippen molar-refractivity contribution in [3.8, 4) is 0 Å². The summed E-state index contributed by atoms with van der Waals surface area (Å²) in [6.07, 6.45) is 1.56. The number of aliphatic carboxylic acids is 1. The van der Waals surface area contributed by atoms with Crippen molar-refractivity contribution in [2.45, 2.75) is 13.0 Å². The number of hydrogen-bond acceptors (Lipinski definition) is 5. The lowest BCUT2D eigenvalue weighted by molar-refractivity contribution is -0.144. The molecule has 2 N–H and O–H groups in total. The Bertz CT molecular complexity index is 696. The number of thioether (sulfide) groups is 1. The van der Waals surface area contributed by atoms with E-state index in [4.69, 9.17) is 22.4 Å². The van der Waals surface area contributed by atoms with Crippen LogP contribution in [0.3, 0.4) is 0 Å². The Balaban J connectivity index is 2.26. The third kappa shape index (κ3) is 3.18. The van der Waals surface area contributed by atoms with E-state index in [9.17, 15) is 14.4 Å². The van der Waals surface area contributed by atoms with E-state index in [0.29, 0.717) is 10.5 Å². The van der Waals surface area contributed by atoms with Gasteiger partial charge in [-0.2, -0.15) is 0 Å². The first-order valence-corrected chi connectivity index (χ1v) is 7.37. The molecule has 0 radical (unpaired) electrons. The topological polar surface area (TPSA) is 94.9 Å². The molecule has 0 unspecified atom stereocenters. The molecule has 1 aliphatic rings. The maximum Gasteiger partial charge on any atom is 0.335 e. The molecule has 1 amide bonds. The molecule has 1 aromatic carbocycles. The molecule has 0 aliphatic carbocycles. The lowest BCUT2D eigenvalue weighted by Gasteiger charge is -2.18. The number of thiocarbonyl (C=S) groups is 1. The molecule has 114 valence electrons. The largest absolute Gasteiger partial charge is 0.480 e. The van der Waals surface area contributed by atoms with Gasteiger partial charge in [-0.05, 0) is 30.7 Å². The summed E-state index contributed by atoms with van der Waals surface area (Å²) in [7, 11) is 0. The predicted octanol–water partition coefficient (Wildman–Crippen LogP) is 2.06. The van der Waals surface area contributed by atoms with Crippen molar-refractivity contribution in [3.63, 3.8) is 0 Å². The van der Waals surface area contributed by atoms with E-state index in [0.717, 1.165) is 16.7 Å². The highest BCUT2D eigenvalue weighted by atomic mass is 32.2. The number of benzene rings is 1. The molecular weight excluding hydrogens is 326 g/mol. The SMILES string of the molecule is C[C@H](C(=O)O)N1C(=O)/C(=C/c2ccc(C(=O)O)cc2)SC1=S. The molecule has 1 aliphatic heterocycles. The summed E-state index contributed by atoms with van der Waals surface area (Å²) in [6, 6.07) is 4.95. The Morgan fingerprint density at radius 2 is 1.86 bits per heavy atom. The van der Waals surface area contributed by atoms with E-state index in [1.54, 1.807) is 18.2 Å². The Morgan fingerprint density at radius 3 is 2.36 bits per heavy atom. The molecule has 0 spiro atoms. The minimum Gasteiger partial charge on any atom is -0.480 e. The van der Waals surface area contributed by atoms with E-state index in [2.05, 4.69) is 0 Å². The van der Waals surface area contributed by atoms with Crippen molar-refractivity contribution in [2.24, 2.45) is 0 Å². The lowest BCUT2D eigenvalue weighted by Crippen LogP contribution is -2.41. The standard InChI is InChI=1S/C14H11NO5S2/c1-7(12(17)18)15-11(16)10(22-14(15)21)6-8-2-4-9(5-3-8)13(19)20/h2-7H,1H3,(H,17,18)(H,19,20)/b10-6-/t7-/m1/s1. The number of carbonyl (C=O) groups excluding carboxylic acids is 1. The number of nitrogens with zero attached hydrogens (tertiary/aromatic N) is 1. The van der Waals surface area contributed by atoms with Crippen LogP contribution < -0.4 is 0 Å². The smallest absolute Gasteiger partial charge is 0.335 e. The van der Waals surface area contributed by atoms with E-state index >= 15 is 0 Å². The molecule has 0 aromatic heterocycles. The van der Waals surface area contributed by atoms with Gasteiger partial charge in [-0.3, -0.25) is 9.69 Å². The number of carboxylic acid groups (broad SMARTS) is 2. The van der Waals surface area contributed by atoms with Crippen LogP contribution in [0.25, 0.3) is 6.08 Å². The summed E-state index contributed by atoms with van der Waals surface area (Å²) in [5.74, 6) is -2.64.